The van der Waals surface area contributed by atoms with E-state index in [1.807, 2.05) is 11.4 Å². The number of anilines is 1. The third-order valence-electron chi connectivity index (χ3n) is 3.84. The van der Waals surface area contributed by atoms with Crippen LogP contribution in [0, 0.1) is 0 Å². The van der Waals surface area contributed by atoms with Gasteiger partial charge in [-0.05, 0) is 41.8 Å². The van der Waals surface area contributed by atoms with Gasteiger partial charge in [0.15, 0.2) is 0 Å². The molecule has 2 N–H and O–H groups in total. The highest BCUT2D eigenvalue weighted by molar-refractivity contribution is 7.15. The number of rotatable bonds is 4. The van der Waals surface area contributed by atoms with Crippen molar-refractivity contribution in [2.24, 2.45) is 0 Å². The van der Waals surface area contributed by atoms with Gasteiger partial charge in [0.25, 0.3) is 5.91 Å². The Balaban J connectivity index is 1.87. The first-order valence-corrected chi connectivity index (χ1v) is 7.76. The van der Waals surface area contributed by atoms with E-state index in [0.29, 0.717) is 16.5 Å². The molecular weight excluding hydrogens is 286 g/mol. The summed E-state index contributed by atoms with van der Waals surface area (Å²) >= 11 is 1.29. The van der Waals surface area contributed by atoms with E-state index in [2.05, 4.69) is 5.32 Å². The summed E-state index contributed by atoms with van der Waals surface area (Å²) < 4.78 is 0. The number of hydrogen-bond acceptors (Lipinski definition) is 3. The Morgan fingerprint density at radius 2 is 1.90 bits per heavy atom. The topological polar surface area (TPSA) is 66.4 Å². The van der Waals surface area contributed by atoms with E-state index in [4.69, 9.17) is 0 Å². The molecule has 21 heavy (non-hydrogen) atoms. The van der Waals surface area contributed by atoms with E-state index in [-0.39, 0.29) is 11.5 Å². The summed E-state index contributed by atoms with van der Waals surface area (Å²) in [5.41, 5.74) is 1.64. The summed E-state index contributed by atoms with van der Waals surface area (Å²) in [7, 11) is 0. The smallest absolute Gasteiger partial charge is 0.339 e. The Labute approximate surface area is 126 Å². The molecular formula is C16H15NO3S. The predicted molar refractivity (Wildman–Crippen MR) is 82.3 cm³/mol. The number of hydrogen-bond donors (Lipinski definition) is 2. The summed E-state index contributed by atoms with van der Waals surface area (Å²) in [6.45, 7) is 0. The minimum atomic E-state index is -0.971. The van der Waals surface area contributed by atoms with Crippen LogP contribution in [0.15, 0.2) is 35.7 Å². The number of carboxylic acids is 1. The highest BCUT2D eigenvalue weighted by Crippen LogP contribution is 2.42. The Hall–Kier alpha value is -2.14. The average molecular weight is 301 g/mol. The van der Waals surface area contributed by atoms with Gasteiger partial charge in [0, 0.05) is 5.56 Å². The minimum Gasteiger partial charge on any atom is -0.478 e. The zero-order valence-electron chi connectivity index (χ0n) is 11.3. The fraction of sp³-hybridized carbons (Fsp3) is 0.250. The summed E-state index contributed by atoms with van der Waals surface area (Å²) in [6, 6.07) is 8.80. The second-order valence-corrected chi connectivity index (χ2v) is 6.03. The number of nitrogens with one attached hydrogen (secondary N) is 1. The fourth-order valence-electron chi connectivity index (χ4n) is 2.47. The summed E-state index contributed by atoms with van der Waals surface area (Å²) in [6.07, 6.45) is 3.21. The molecule has 3 rings (SSSR count). The van der Waals surface area contributed by atoms with Gasteiger partial charge >= 0.3 is 5.97 Å². The number of aromatic carboxylic acids is 1. The van der Waals surface area contributed by atoms with Crippen LogP contribution in [-0.4, -0.2) is 17.0 Å². The molecule has 1 amide bonds. The van der Waals surface area contributed by atoms with Crippen LogP contribution < -0.4 is 5.32 Å². The summed E-state index contributed by atoms with van der Waals surface area (Å²) in [5, 5.41) is 14.5. The van der Waals surface area contributed by atoms with Crippen LogP contribution >= 0.6 is 11.3 Å². The third kappa shape index (κ3) is 2.69. The maximum absolute atomic E-state index is 12.2. The number of thiophene rings is 1. The monoisotopic (exact) mass is 301 g/mol. The predicted octanol–water partition coefficient (Wildman–Crippen LogP) is 3.97. The molecule has 0 bridgehead atoms. The molecule has 0 spiro atoms. The van der Waals surface area contributed by atoms with Crippen molar-refractivity contribution < 1.29 is 14.7 Å². The van der Waals surface area contributed by atoms with E-state index < -0.39 is 5.97 Å². The van der Waals surface area contributed by atoms with Crippen molar-refractivity contribution in [1.82, 2.24) is 0 Å². The maximum Gasteiger partial charge on any atom is 0.339 e. The zero-order chi connectivity index (χ0) is 14.8. The van der Waals surface area contributed by atoms with E-state index >= 15 is 0 Å². The van der Waals surface area contributed by atoms with Crippen LogP contribution in [-0.2, 0) is 0 Å². The lowest BCUT2D eigenvalue weighted by Crippen LogP contribution is -2.16. The summed E-state index contributed by atoms with van der Waals surface area (Å²) in [5.74, 6) is -0.920. The van der Waals surface area contributed by atoms with Crippen molar-refractivity contribution in [2.45, 2.75) is 25.2 Å². The molecule has 108 valence electrons. The van der Waals surface area contributed by atoms with Crippen molar-refractivity contribution >= 4 is 28.2 Å². The highest BCUT2D eigenvalue weighted by atomic mass is 32.1. The fourth-order valence-corrected chi connectivity index (χ4v) is 3.50. The van der Waals surface area contributed by atoms with Crippen molar-refractivity contribution in [3.63, 3.8) is 0 Å². The van der Waals surface area contributed by atoms with Gasteiger partial charge in [-0.25, -0.2) is 4.79 Å². The van der Waals surface area contributed by atoms with Gasteiger partial charge in [-0.3, -0.25) is 4.79 Å². The van der Waals surface area contributed by atoms with Gasteiger partial charge in [0.05, 0.1) is 5.56 Å². The van der Waals surface area contributed by atoms with Crippen LogP contribution in [0.2, 0.25) is 0 Å². The molecule has 1 aliphatic rings. The molecule has 0 radical (unpaired) electrons. The van der Waals surface area contributed by atoms with Crippen LogP contribution in [0.3, 0.4) is 0 Å². The molecule has 1 saturated carbocycles. The molecule has 0 unspecified atom stereocenters. The van der Waals surface area contributed by atoms with Crippen molar-refractivity contribution in [2.75, 3.05) is 5.32 Å². The normalized spacial score (nSPS) is 14.5. The van der Waals surface area contributed by atoms with E-state index in [0.717, 1.165) is 24.8 Å². The van der Waals surface area contributed by atoms with E-state index in [1.54, 1.807) is 24.3 Å². The molecule has 1 aromatic carbocycles. The molecule has 1 aromatic heterocycles. The third-order valence-corrected chi connectivity index (χ3v) is 4.76. The Morgan fingerprint density at radius 1 is 1.19 bits per heavy atom. The first-order valence-electron chi connectivity index (χ1n) is 6.88. The molecule has 0 aliphatic heterocycles. The second kappa shape index (κ2) is 5.69. The standard InChI is InChI=1S/C16H15NO3S/c18-14(11-5-2-1-3-6-11)17-15-13(16(19)20)12(9-21-15)10-7-4-8-10/h1-3,5-6,9-10H,4,7-8H2,(H,17,18)(H,19,20). The minimum absolute atomic E-state index is 0.258. The number of benzene rings is 1. The van der Waals surface area contributed by atoms with Crippen LogP contribution in [0.25, 0.3) is 0 Å². The van der Waals surface area contributed by atoms with Crippen molar-refractivity contribution in [3.8, 4) is 0 Å². The van der Waals surface area contributed by atoms with Gasteiger partial charge in [0.1, 0.15) is 5.00 Å². The van der Waals surface area contributed by atoms with Gasteiger partial charge < -0.3 is 10.4 Å². The SMILES string of the molecule is O=C(Nc1scc(C2CCC2)c1C(=O)O)c1ccccc1. The van der Waals surface area contributed by atoms with Gasteiger partial charge in [0.2, 0.25) is 0 Å². The molecule has 1 heterocycles. The lowest BCUT2D eigenvalue weighted by Gasteiger charge is -2.25. The average Bonchev–Trinajstić information content (AvgIpc) is 2.81. The number of carbonyl (C=O) groups excluding carboxylic acids is 1. The van der Waals surface area contributed by atoms with Crippen LogP contribution in [0.4, 0.5) is 5.00 Å². The first-order chi connectivity index (χ1) is 10.2. The number of carbonyl (C=O) groups is 2. The molecule has 4 nitrogen and oxygen atoms in total. The quantitative estimate of drug-likeness (QED) is 0.898. The zero-order valence-corrected chi connectivity index (χ0v) is 12.2. The lowest BCUT2D eigenvalue weighted by atomic mass is 9.79. The van der Waals surface area contributed by atoms with Gasteiger partial charge in [-0.1, -0.05) is 24.6 Å². The highest BCUT2D eigenvalue weighted by Gasteiger charge is 2.28. The molecule has 1 aliphatic carbocycles. The van der Waals surface area contributed by atoms with Crippen molar-refractivity contribution in [3.05, 3.63) is 52.4 Å². The van der Waals surface area contributed by atoms with Crippen LogP contribution in [0.1, 0.15) is 51.5 Å². The lowest BCUT2D eigenvalue weighted by molar-refractivity contribution is 0.0696. The Morgan fingerprint density at radius 3 is 2.48 bits per heavy atom. The largest absolute Gasteiger partial charge is 0.478 e. The number of carboxylic acid groups (broad SMARTS) is 1. The molecule has 2 aromatic rings. The summed E-state index contributed by atoms with van der Waals surface area (Å²) in [4.78, 5) is 23.7. The first kappa shape index (κ1) is 13.8. The Kier molecular flexibility index (Phi) is 3.75. The van der Waals surface area contributed by atoms with E-state index in [1.165, 1.54) is 11.3 Å². The molecule has 1 fully saturated rings. The molecule has 0 atom stereocenters. The van der Waals surface area contributed by atoms with Gasteiger partial charge in [-0.15, -0.1) is 11.3 Å². The van der Waals surface area contributed by atoms with E-state index in [9.17, 15) is 14.7 Å². The van der Waals surface area contributed by atoms with Crippen LogP contribution in [0.5, 0.6) is 0 Å². The van der Waals surface area contributed by atoms with Gasteiger partial charge in [-0.2, -0.15) is 0 Å². The molecule has 5 heteroatoms. The second-order valence-electron chi connectivity index (χ2n) is 5.15. The maximum atomic E-state index is 12.2. The number of amides is 1. The van der Waals surface area contributed by atoms with Crippen molar-refractivity contribution in [1.29, 1.82) is 0 Å². The Bertz CT molecular complexity index is 674. The molecule has 0 saturated heterocycles.